The maximum atomic E-state index is 12.5. The Morgan fingerprint density at radius 2 is 1.78 bits per heavy atom. The van der Waals surface area contributed by atoms with Crippen LogP contribution >= 0.6 is 0 Å². The highest BCUT2D eigenvalue weighted by atomic mass is 16.2. The Morgan fingerprint density at radius 1 is 1.17 bits per heavy atom. The number of likely N-dealkylation sites (tertiary alicyclic amines) is 1. The van der Waals surface area contributed by atoms with Crippen molar-refractivity contribution in [1.29, 1.82) is 0 Å². The largest absolute Gasteiger partial charge is 0.285 e. The maximum absolute atomic E-state index is 12.5. The Hall–Kier alpha value is -1.12. The molecule has 3 nitrogen and oxygen atoms in total. The predicted octanol–water partition coefficient (Wildman–Crippen LogP) is 2.23. The molecule has 1 heterocycles. The van der Waals surface area contributed by atoms with Crippen LogP contribution in [0.25, 0.3) is 0 Å². The van der Waals surface area contributed by atoms with Crippen molar-refractivity contribution in [2.45, 2.75) is 33.6 Å². The van der Waals surface area contributed by atoms with Gasteiger partial charge in [-0.1, -0.05) is 32.9 Å². The van der Waals surface area contributed by atoms with E-state index in [-0.39, 0.29) is 34.5 Å². The van der Waals surface area contributed by atoms with Gasteiger partial charge in [0.2, 0.25) is 11.8 Å². The summed E-state index contributed by atoms with van der Waals surface area (Å²) in [6.45, 7) is 6.48. The average molecular weight is 247 g/mol. The molecule has 1 saturated heterocycles. The zero-order chi connectivity index (χ0) is 13.3. The summed E-state index contributed by atoms with van der Waals surface area (Å²) in [5, 5.41) is 0. The molecule has 3 aliphatic carbocycles. The summed E-state index contributed by atoms with van der Waals surface area (Å²) in [4.78, 5) is 26.2. The van der Waals surface area contributed by atoms with Gasteiger partial charge in [0, 0.05) is 12.5 Å². The molecule has 18 heavy (non-hydrogen) atoms. The Morgan fingerprint density at radius 3 is 2.28 bits per heavy atom. The molecular weight excluding hydrogens is 226 g/mol. The van der Waals surface area contributed by atoms with Crippen molar-refractivity contribution >= 4 is 11.8 Å². The van der Waals surface area contributed by atoms with Gasteiger partial charge in [0.05, 0.1) is 11.8 Å². The number of allylic oxidation sites excluding steroid dienone is 2. The van der Waals surface area contributed by atoms with E-state index >= 15 is 0 Å². The van der Waals surface area contributed by atoms with Crippen LogP contribution in [0.15, 0.2) is 12.2 Å². The zero-order valence-electron chi connectivity index (χ0n) is 11.6. The number of fused-ring (bicyclic) bond motifs is 1. The lowest BCUT2D eigenvalue weighted by atomic mass is 9.46. The minimum absolute atomic E-state index is 0.0292. The van der Waals surface area contributed by atoms with Gasteiger partial charge in [-0.2, -0.15) is 0 Å². The van der Waals surface area contributed by atoms with Crippen molar-refractivity contribution < 1.29 is 9.59 Å². The van der Waals surface area contributed by atoms with Crippen LogP contribution in [0.5, 0.6) is 0 Å². The number of hydrogen-bond acceptors (Lipinski definition) is 2. The van der Waals surface area contributed by atoms with Gasteiger partial charge >= 0.3 is 0 Å². The molecule has 2 amide bonds. The van der Waals surface area contributed by atoms with Crippen molar-refractivity contribution in [3.8, 4) is 0 Å². The number of hydrogen-bond donors (Lipinski definition) is 0. The van der Waals surface area contributed by atoms with Gasteiger partial charge in [0.1, 0.15) is 0 Å². The van der Waals surface area contributed by atoms with E-state index in [0.717, 1.165) is 12.8 Å². The fourth-order valence-electron chi connectivity index (χ4n) is 4.37. The number of carbonyl (C=O) groups is 2. The van der Waals surface area contributed by atoms with Crippen LogP contribution in [0.3, 0.4) is 0 Å². The van der Waals surface area contributed by atoms with Gasteiger partial charge in [-0.15, -0.1) is 0 Å². The third-order valence-electron chi connectivity index (χ3n) is 5.76. The fraction of sp³-hybridized carbons (Fsp3) is 0.733. The quantitative estimate of drug-likeness (QED) is 0.526. The van der Waals surface area contributed by atoms with Gasteiger partial charge in [-0.25, -0.2) is 0 Å². The van der Waals surface area contributed by atoms with Gasteiger partial charge in [-0.3, -0.25) is 14.5 Å². The van der Waals surface area contributed by atoms with Crippen LogP contribution in [0.4, 0.5) is 0 Å². The first-order valence-electron chi connectivity index (χ1n) is 6.85. The van der Waals surface area contributed by atoms with Gasteiger partial charge < -0.3 is 0 Å². The normalized spacial score (nSPS) is 46.2. The predicted molar refractivity (Wildman–Crippen MR) is 68.5 cm³/mol. The van der Waals surface area contributed by atoms with Crippen molar-refractivity contribution in [2.24, 2.45) is 28.6 Å². The second-order valence-electron chi connectivity index (χ2n) is 6.80. The van der Waals surface area contributed by atoms with Crippen LogP contribution in [0, 0.1) is 28.6 Å². The summed E-state index contributed by atoms with van der Waals surface area (Å²) in [5.74, 6) is 0.208. The lowest BCUT2D eigenvalue weighted by Gasteiger charge is -2.55. The smallest absolute Gasteiger partial charge is 0.233 e. The maximum Gasteiger partial charge on any atom is 0.233 e. The van der Waals surface area contributed by atoms with Crippen LogP contribution < -0.4 is 0 Å². The molecule has 4 atom stereocenters. The SMILES string of the molecule is CC(C)[C@@]12C=C[C@@](C)(CC1)[C@H]1C(=O)N(C)C(=O)[C@H]12. The molecule has 1 saturated carbocycles. The van der Waals surface area contributed by atoms with E-state index in [4.69, 9.17) is 0 Å². The molecule has 3 heteroatoms. The third kappa shape index (κ3) is 1.11. The standard InChI is InChI=1S/C15H21NO2/c1-9(2)15-7-5-14(3,6-8-15)10-11(15)13(18)16(4)12(10)17/h5,7,9-11H,6,8H2,1-4H3/t10-,11+,14+,15-/m1/s1. The first-order valence-corrected chi connectivity index (χ1v) is 6.85. The summed E-state index contributed by atoms with van der Waals surface area (Å²) in [6, 6.07) is 0. The highest BCUT2D eigenvalue weighted by molar-refractivity contribution is 6.06. The Labute approximate surface area is 108 Å². The molecule has 1 aliphatic heterocycles. The minimum atomic E-state index is -0.129. The highest BCUT2D eigenvalue weighted by Gasteiger charge is 2.66. The van der Waals surface area contributed by atoms with Crippen LogP contribution in [0.2, 0.25) is 0 Å². The molecule has 0 radical (unpaired) electrons. The highest BCUT2D eigenvalue weighted by Crippen LogP contribution is 2.63. The summed E-state index contributed by atoms with van der Waals surface area (Å²) >= 11 is 0. The molecule has 0 aromatic carbocycles. The minimum Gasteiger partial charge on any atom is -0.285 e. The molecule has 0 aromatic heterocycles. The molecule has 2 fully saturated rings. The average Bonchev–Trinajstić information content (AvgIpc) is 2.57. The van der Waals surface area contributed by atoms with E-state index in [2.05, 4.69) is 32.9 Å². The number of rotatable bonds is 1. The van der Waals surface area contributed by atoms with E-state index in [0.29, 0.717) is 5.92 Å². The number of nitrogens with zero attached hydrogens (tertiary/aromatic N) is 1. The Bertz CT molecular complexity index is 467. The van der Waals surface area contributed by atoms with Crippen LogP contribution in [-0.4, -0.2) is 23.8 Å². The molecule has 0 N–H and O–H groups in total. The van der Waals surface area contributed by atoms with E-state index in [1.54, 1.807) is 7.05 Å². The van der Waals surface area contributed by atoms with Crippen molar-refractivity contribution in [3.63, 3.8) is 0 Å². The van der Waals surface area contributed by atoms with E-state index in [1.807, 2.05) is 0 Å². The summed E-state index contributed by atoms with van der Waals surface area (Å²) in [6.07, 6.45) is 6.51. The van der Waals surface area contributed by atoms with Gasteiger partial charge in [0.15, 0.2) is 0 Å². The molecular formula is C15H21NO2. The lowest BCUT2D eigenvalue weighted by Crippen LogP contribution is -2.53. The molecule has 4 aliphatic rings. The van der Waals surface area contributed by atoms with Crippen molar-refractivity contribution in [2.75, 3.05) is 7.05 Å². The summed E-state index contributed by atoms with van der Waals surface area (Å²) < 4.78 is 0. The molecule has 4 rings (SSSR count). The third-order valence-corrected chi connectivity index (χ3v) is 5.76. The molecule has 0 aromatic rings. The monoisotopic (exact) mass is 247 g/mol. The van der Waals surface area contributed by atoms with E-state index < -0.39 is 0 Å². The summed E-state index contributed by atoms with van der Waals surface area (Å²) in [7, 11) is 1.64. The van der Waals surface area contributed by atoms with Crippen molar-refractivity contribution in [1.82, 2.24) is 4.90 Å². The zero-order valence-corrected chi connectivity index (χ0v) is 11.6. The van der Waals surface area contributed by atoms with Crippen molar-refractivity contribution in [3.05, 3.63) is 12.2 Å². The van der Waals surface area contributed by atoms with Gasteiger partial charge in [-0.05, 0) is 24.2 Å². The topological polar surface area (TPSA) is 37.4 Å². The van der Waals surface area contributed by atoms with Crippen LogP contribution in [0.1, 0.15) is 33.6 Å². The van der Waals surface area contributed by atoms with Crippen LogP contribution in [-0.2, 0) is 9.59 Å². The number of imide groups is 1. The summed E-state index contributed by atoms with van der Waals surface area (Å²) in [5.41, 5.74) is -0.210. The van der Waals surface area contributed by atoms with Gasteiger partial charge in [0.25, 0.3) is 0 Å². The second kappa shape index (κ2) is 3.25. The first kappa shape index (κ1) is 11.9. The first-order chi connectivity index (χ1) is 8.33. The van der Waals surface area contributed by atoms with E-state index in [1.165, 1.54) is 4.90 Å². The van der Waals surface area contributed by atoms with E-state index in [9.17, 15) is 9.59 Å². The lowest BCUT2D eigenvalue weighted by molar-refractivity contribution is -0.139. The molecule has 0 unspecified atom stereocenters. The Kier molecular flexibility index (Phi) is 2.16. The molecule has 0 spiro atoms. The number of amides is 2. The fourth-order valence-corrected chi connectivity index (χ4v) is 4.37. The number of carbonyl (C=O) groups excluding carboxylic acids is 2. The second-order valence-corrected chi connectivity index (χ2v) is 6.80. The Balaban J connectivity index is 2.19. The molecule has 2 bridgehead atoms. The molecule has 98 valence electrons.